The van der Waals surface area contributed by atoms with Gasteiger partial charge in [-0.2, -0.15) is 0 Å². The zero-order chi connectivity index (χ0) is 21.5. The summed E-state index contributed by atoms with van der Waals surface area (Å²) in [6, 6.07) is 14.2. The molecule has 1 heterocycles. The van der Waals surface area contributed by atoms with Gasteiger partial charge in [0.25, 0.3) is 0 Å². The van der Waals surface area contributed by atoms with Gasteiger partial charge in [0.15, 0.2) is 0 Å². The fourth-order valence-electron chi connectivity index (χ4n) is 3.36. The molecule has 0 aliphatic heterocycles. The number of H-pyrrole nitrogens is 1. The molecule has 3 rings (SSSR count). The SMILES string of the molecule is COC(=O)[C@H](Cc1c[nH]c2ccccc12)NC(=O)[C@@H](Cc1ccccc1)NC(N)=O. The summed E-state index contributed by atoms with van der Waals surface area (Å²) in [6.45, 7) is 0. The molecule has 2 atom stereocenters. The molecule has 0 radical (unpaired) electrons. The van der Waals surface area contributed by atoms with Gasteiger partial charge in [0.05, 0.1) is 7.11 Å². The first-order valence-electron chi connectivity index (χ1n) is 9.51. The van der Waals surface area contributed by atoms with Crippen molar-refractivity contribution < 1.29 is 19.1 Å². The minimum absolute atomic E-state index is 0.233. The molecule has 0 saturated heterocycles. The van der Waals surface area contributed by atoms with Gasteiger partial charge in [-0.3, -0.25) is 4.79 Å². The van der Waals surface area contributed by atoms with Crippen LogP contribution in [-0.2, 0) is 27.2 Å². The number of carbonyl (C=O) groups is 3. The van der Waals surface area contributed by atoms with Crippen LogP contribution in [0, 0.1) is 0 Å². The van der Waals surface area contributed by atoms with Crippen LogP contribution in [0.2, 0.25) is 0 Å². The van der Waals surface area contributed by atoms with Crippen molar-refractivity contribution >= 4 is 28.8 Å². The highest BCUT2D eigenvalue weighted by Crippen LogP contribution is 2.19. The number of rotatable bonds is 8. The smallest absolute Gasteiger partial charge is 0.328 e. The Morgan fingerprint density at radius 1 is 0.967 bits per heavy atom. The molecule has 8 nitrogen and oxygen atoms in total. The average Bonchev–Trinajstić information content (AvgIpc) is 3.15. The lowest BCUT2D eigenvalue weighted by Crippen LogP contribution is -2.54. The van der Waals surface area contributed by atoms with Gasteiger partial charge in [-0.15, -0.1) is 0 Å². The fourth-order valence-corrected chi connectivity index (χ4v) is 3.36. The van der Waals surface area contributed by atoms with Gasteiger partial charge in [0.1, 0.15) is 12.1 Å². The molecule has 3 amide bonds. The number of nitrogens with two attached hydrogens (primary N) is 1. The monoisotopic (exact) mass is 408 g/mol. The maximum Gasteiger partial charge on any atom is 0.328 e. The number of aromatic nitrogens is 1. The Bertz CT molecular complexity index is 1030. The molecule has 0 saturated carbocycles. The van der Waals surface area contributed by atoms with E-state index in [1.807, 2.05) is 54.6 Å². The number of ether oxygens (including phenoxy) is 1. The van der Waals surface area contributed by atoms with E-state index in [9.17, 15) is 14.4 Å². The Morgan fingerprint density at radius 3 is 2.37 bits per heavy atom. The van der Waals surface area contributed by atoms with E-state index in [1.54, 1.807) is 6.20 Å². The largest absolute Gasteiger partial charge is 0.467 e. The number of para-hydroxylation sites is 1. The van der Waals surface area contributed by atoms with E-state index in [1.165, 1.54) is 7.11 Å². The first-order valence-corrected chi connectivity index (χ1v) is 9.51. The Kier molecular flexibility index (Phi) is 6.69. The number of benzene rings is 2. The number of hydrogen-bond acceptors (Lipinski definition) is 4. The van der Waals surface area contributed by atoms with Crippen molar-refractivity contribution in [1.82, 2.24) is 15.6 Å². The normalized spacial score (nSPS) is 12.7. The van der Waals surface area contributed by atoms with Gasteiger partial charge >= 0.3 is 12.0 Å². The van der Waals surface area contributed by atoms with Crippen molar-refractivity contribution in [1.29, 1.82) is 0 Å². The number of urea groups is 1. The van der Waals surface area contributed by atoms with Gasteiger partial charge in [0, 0.05) is 29.9 Å². The molecule has 8 heteroatoms. The molecule has 0 bridgehead atoms. The summed E-state index contributed by atoms with van der Waals surface area (Å²) in [5, 5.41) is 6.10. The zero-order valence-corrected chi connectivity index (χ0v) is 16.6. The molecule has 0 unspecified atom stereocenters. The first-order chi connectivity index (χ1) is 14.5. The van der Waals surface area contributed by atoms with Crippen molar-refractivity contribution in [3.8, 4) is 0 Å². The summed E-state index contributed by atoms with van der Waals surface area (Å²) in [5.74, 6) is -1.10. The molecular formula is C22H24N4O4. The molecular weight excluding hydrogens is 384 g/mol. The van der Waals surface area contributed by atoms with Crippen LogP contribution < -0.4 is 16.4 Å². The Balaban J connectivity index is 1.78. The summed E-state index contributed by atoms with van der Waals surface area (Å²) in [4.78, 5) is 39.8. The van der Waals surface area contributed by atoms with Gasteiger partial charge in [0.2, 0.25) is 5.91 Å². The molecule has 0 spiro atoms. The summed E-state index contributed by atoms with van der Waals surface area (Å²) < 4.78 is 4.88. The van der Waals surface area contributed by atoms with Gasteiger partial charge < -0.3 is 26.1 Å². The molecule has 5 N–H and O–H groups in total. The molecule has 3 aromatic rings. The van der Waals surface area contributed by atoms with Gasteiger partial charge in [-0.05, 0) is 17.2 Å². The number of amides is 3. The lowest BCUT2D eigenvalue weighted by molar-refractivity contribution is -0.145. The molecule has 1 aromatic heterocycles. The summed E-state index contributed by atoms with van der Waals surface area (Å²) in [6.07, 6.45) is 2.27. The number of hydrogen-bond donors (Lipinski definition) is 4. The van der Waals surface area contributed by atoms with E-state index >= 15 is 0 Å². The molecule has 156 valence electrons. The lowest BCUT2D eigenvalue weighted by atomic mass is 10.0. The van der Waals surface area contributed by atoms with Crippen LogP contribution in [0.15, 0.2) is 60.8 Å². The maximum atomic E-state index is 12.9. The summed E-state index contributed by atoms with van der Waals surface area (Å²) in [5.41, 5.74) is 7.89. The van der Waals surface area contributed by atoms with Gasteiger partial charge in [-0.1, -0.05) is 48.5 Å². The van der Waals surface area contributed by atoms with E-state index < -0.39 is 30.0 Å². The van der Waals surface area contributed by atoms with Crippen LogP contribution in [0.5, 0.6) is 0 Å². The zero-order valence-electron chi connectivity index (χ0n) is 16.6. The lowest BCUT2D eigenvalue weighted by Gasteiger charge is -2.22. The summed E-state index contributed by atoms with van der Waals surface area (Å²) in [7, 11) is 1.26. The maximum absolute atomic E-state index is 12.9. The van der Waals surface area contributed by atoms with Crippen molar-refractivity contribution in [3.05, 3.63) is 71.9 Å². The number of carbonyl (C=O) groups excluding carboxylic acids is 3. The van der Waals surface area contributed by atoms with Crippen LogP contribution in [0.3, 0.4) is 0 Å². The van der Waals surface area contributed by atoms with E-state index in [0.717, 1.165) is 22.0 Å². The highest BCUT2D eigenvalue weighted by molar-refractivity contribution is 5.91. The van der Waals surface area contributed by atoms with Crippen molar-refractivity contribution in [2.75, 3.05) is 7.11 Å². The number of fused-ring (bicyclic) bond motifs is 1. The minimum atomic E-state index is -0.931. The predicted molar refractivity (Wildman–Crippen MR) is 113 cm³/mol. The quantitative estimate of drug-likeness (QED) is 0.423. The van der Waals surface area contributed by atoms with Gasteiger partial charge in [-0.25, -0.2) is 9.59 Å². The average molecular weight is 408 g/mol. The third kappa shape index (κ3) is 5.16. The second-order valence-corrected chi connectivity index (χ2v) is 6.90. The Labute approximate surface area is 173 Å². The van der Waals surface area contributed by atoms with E-state index in [-0.39, 0.29) is 12.8 Å². The van der Waals surface area contributed by atoms with Crippen LogP contribution in [0.4, 0.5) is 4.79 Å². The van der Waals surface area contributed by atoms with Crippen LogP contribution >= 0.6 is 0 Å². The fraction of sp³-hybridized carbons (Fsp3) is 0.227. The third-order valence-electron chi connectivity index (χ3n) is 4.82. The van der Waals surface area contributed by atoms with Crippen molar-refractivity contribution in [3.63, 3.8) is 0 Å². The molecule has 0 fully saturated rings. The Hall–Kier alpha value is -3.81. The number of primary amides is 1. The number of aromatic amines is 1. The van der Waals surface area contributed by atoms with Crippen LogP contribution in [0.25, 0.3) is 10.9 Å². The first kappa shape index (κ1) is 20.9. The number of nitrogens with one attached hydrogen (secondary N) is 3. The molecule has 0 aliphatic carbocycles. The second-order valence-electron chi connectivity index (χ2n) is 6.90. The topological polar surface area (TPSA) is 126 Å². The highest BCUT2D eigenvalue weighted by atomic mass is 16.5. The van der Waals surface area contributed by atoms with E-state index in [0.29, 0.717) is 0 Å². The van der Waals surface area contributed by atoms with Crippen molar-refractivity contribution in [2.45, 2.75) is 24.9 Å². The van der Waals surface area contributed by atoms with E-state index in [2.05, 4.69) is 15.6 Å². The number of esters is 1. The van der Waals surface area contributed by atoms with E-state index in [4.69, 9.17) is 10.5 Å². The van der Waals surface area contributed by atoms with Crippen LogP contribution in [-0.4, -0.2) is 42.1 Å². The third-order valence-corrected chi connectivity index (χ3v) is 4.82. The number of methoxy groups -OCH3 is 1. The molecule has 0 aliphatic rings. The highest BCUT2D eigenvalue weighted by Gasteiger charge is 2.28. The molecule has 30 heavy (non-hydrogen) atoms. The standard InChI is InChI=1S/C22H24N4O4/c1-30-21(28)19(12-15-13-24-17-10-6-5-9-16(15)17)25-20(27)18(26-22(23)29)11-14-7-3-2-4-8-14/h2-10,13,18-19,24H,11-12H2,1H3,(H,25,27)(H3,23,26,29)/t18-,19+/m1/s1. The Morgan fingerprint density at radius 2 is 1.67 bits per heavy atom. The van der Waals surface area contributed by atoms with Crippen LogP contribution in [0.1, 0.15) is 11.1 Å². The molecule has 2 aromatic carbocycles. The van der Waals surface area contributed by atoms with Crippen molar-refractivity contribution in [2.24, 2.45) is 5.73 Å². The summed E-state index contributed by atoms with van der Waals surface area (Å²) >= 11 is 0. The minimum Gasteiger partial charge on any atom is -0.467 e. The predicted octanol–water partition coefficient (Wildman–Crippen LogP) is 1.65. The second kappa shape index (κ2) is 9.60.